The highest BCUT2D eigenvalue weighted by Gasteiger charge is 2.28. The molecular weight excluding hydrogens is 274 g/mol. The van der Waals surface area contributed by atoms with Gasteiger partial charge in [-0.2, -0.15) is 5.10 Å². The summed E-state index contributed by atoms with van der Waals surface area (Å²) in [4.78, 5) is 13.4. The monoisotopic (exact) mass is 293 g/mol. The molecule has 0 fully saturated rings. The van der Waals surface area contributed by atoms with Gasteiger partial charge in [0, 0.05) is 26.2 Å². The molecule has 1 heterocycles. The summed E-state index contributed by atoms with van der Waals surface area (Å²) in [6.07, 6.45) is 1.55. The van der Waals surface area contributed by atoms with Crippen molar-refractivity contribution in [2.75, 3.05) is 19.0 Å². The van der Waals surface area contributed by atoms with Crippen molar-refractivity contribution in [1.82, 2.24) is 5.01 Å². The van der Waals surface area contributed by atoms with Crippen molar-refractivity contribution < 1.29 is 4.79 Å². The van der Waals surface area contributed by atoms with Crippen LogP contribution in [0.1, 0.15) is 23.6 Å². The summed E-state index contributed by atoms with van der Waals surface area (Å²) >= 11 is 0. The van der Waals surface area contributed by atoms with E-state index in [1.165, 1.54) is 5.01 Å². The molecule has 4 heteroatoms. The second kappa shape index (κ2) is 6.02. The molecule has 0 N–H and O–H groups in total. The van der Waals surface area contributed by atoms with Gasteiger partial charge in [0.2, 0.25) is 6.41 Å². The number of amides is 1. The predicted molar refractivity (Wildman–Crippen MR) is 89.0 cm³/mol. The standard InChI is InChI=1S/C18H19N3O/c1-20(2)16-10-8-15(9-11-16)18-12-17(19-21(18)13-22)14-6-4-3-5-7-14/h3-11,13,18H,12H2,1-2H3/t18-/m0/s1. The second-order valence-electron chi connectivity index (χ2n) is 5.60. The number of anilines is 1. The molecule has 1 atom stereocenters. The first-order chi connectivity index (χ1) is 10.7. The first-order valence-corrected chi connectivity index (χ1v) is 7.33. The van der Waals surface area contributed by atoms with Crippen LogP contribution in [-0.4, -0.2) is 31.2 Å². The van der Waals surface area contributed by atoms with Crippen molar-refractivity contribution in [2.24, 2.45) is 5.10 Å². The fourth-order valence-electron chi connectivity index (χ4n) is 2.69. The van der Waals surface area contributed by atoms with Gasteiger partial charge in [-0.3, -0.25) is 4.79 Å². The van der Waals surface area contributed by atoms with E-state index in [1.807, 2.05) is 44.4 Å². The van der Waals surface area contributed by atoms with Gasteiger partial charge >= 0.3 is 0 Å². The molecule has 0 bridgehead atoms. The third-order valence-electron chi connectivity index (χ3n) is 3.95. The highest BCUT2D eigenvalue weighted by atomic mass is 16.1. The highest BCUT2D eigenvalue weighted by Crippen LogP contribution is 2.32. The Bertz CT molecular complexity index is 677. The maximum absolute atomic E-state index is 11.4. The number of hydrogen-bond donors (Lipinski definition) is 0. The number of benzene rings is 2. The summed E-state index contributed by atoms with van der Waals surface area (Å²) in [5, 5.41) is 5.98. The lowest BCUT2D eigenvalue weighted by Crippen LogP contribution is -2.17. The Labute approximate surface area is 130 Å². The topological polar surface area (TPSA) is 35.9 Å². The Hall–Kier alpha value is -2.62. The van der Waals surface area contributed by atoms with Gasteiger partial charge in [-0.25, -0.2) is 5.01 Å². The van der Waals surface area contributed by atoms with Crippen LogP contribution >= 0.6 is 0 Å². The summed E-state index contributed by atoms with van der Waals surface area (Å²) in [6, 6.07) is 18.3. The maximum atomic E-state index is 11.4. The van der Waals surface area contributed by atoms with Crippen LogP contribution in [0.3, 0.4) is 0 Å². The van der Waals surface area contributed by atoms with Gasteiger partial charge in [-0.15, -0.1) is 0 Å². The van der Waals surface area contributed by atoms with Gasteiger partial charge in [0.15, 0.2) is 0 Å². The molecular formula is C18H19N3O. The summed E-state index contributed by atoms with van der Waals surface area (Å²) in [5.74, 6) is 0. The minimum absolute atomic E-state index is 0.0241. The third kappa shape index (κ3) is 2.72. The zero-order valence-corrected chi connectivity index (χ0v) is 12.8. The van der Waals surface area contributed by atoms with E-state index in [0.29, 0.717) is 0 Å². The van der Waals surface area contributed by atoms with Crippen LogP contribution in [0.15, 0.2) is 59.7 Å². The van der Waals surface area contributed by atoms with Crippen LogP contribution in [0.2, 0.25) is 0 Å². The minimum Gasteiger partial charge on any atom is -0.378 e. The molecule has 0 saturated carbocycles. The molecule has 0 radical (unpaired) electrons. The van der Waals surface area contributed by atoms with Crippen LogP contribution in [-0.2, 0) is 4.79 Å². The van der Waals surface area contributed by atoms with E-state index in [9.17, 15) is 4.79 Å². The average molecular weight is 293 g/mol. The fourth-order valence-corrected chi connectivity index (χ4v) is 2.69. The molecule has 0 saturated heterocycles. The molecule has 112 valence electrons. The second-order valence-corrected chi connectivity index (χ2v) is 5.60. The van der Waals surface area contributed by atoms with Crippen molar-refractivity contribution in [3.63, 3.8) is 0 Å². The molecule has 1 amide bonds. The fraction of sp³-hybridized carbons (Fsp3) is 0.222. The smallest absolute Gasteiger partial charge is 0.230 e. The number of carbonyl (C=O) groups is 1. The van der Waals surface area contributed by atoms with E-state index in [4.69, 9.17) is 0 Å². The van der Waals surface area contributed by atoms with E-state index >= 15 is 0 Å². The molecule has 0 aromatic heterocycles. The molecule has 2 aromatic rings. The molecule has 0 unspecified atom stereocenters. The zero-order chi connectivity index (χ0) is 15.5. The molecule has 1 aliphatic rings. The largest absolute Gasteiger partial charge is 0.378 e. The molecule has 4 nitrogen and oxygen atoms in total. The summed E-state index contributed by atoms with van der Waals surface area (Å²) < 4.78 is 0. The summed E-state index contributed by atoms with van der Waals surface area (Å²) in [5.41, 5.74) is 4.27. The van der Waals surface area contributed by atoms with Gasteiger partial charge in [0.25, 0.3) is 0 Å². The van der Waals surface area contributed by atoms with Gasteiger partial charge in [0.1, 0.15) is 0 Å². The van der Waals surface area contributed by atoms with E-state index < -0.39 is 0 Å². The van der Waals surface area contributed by atoms with Gasteiger partial charge in [0.05, 0.1) is 11.8 Å². The quantitative estimate of drug-likeness (QED) is 0.812. The Morgan fingerprint density at radius 3 is 2.36 bits per heavy atom. The Kier molecular flexibility index (Phi) is 3.92. The Balaban J connectivity index is 1.85. The molecule has 1 aliphatic heterocycles. The molecule has 22 heavy (non-hydrogen) atoms. The van der Waals surface area contributed by atoms with Crippen LogP contribution in [0, 0.1) is 0 Å². The van der Waals surface area contributed by atoms with Crippen molar-refractivity contribution in [3.8, 4) is 0 Å². The molecule has 2 aromatic carbocycles. The third-order valence-corrected chi connectivity index (χ3v) is 3.95. The average Bonchev–Trinajstić information content (AvgIpc) is 3.00. The lowest BCUT2D eigenvalue weighted by molar-refractivity contribution is -0.119. The molecule has 0 aliphatic carbocycles. The number of hydrazone groups is 1. The van der Waals surface area contributed by atoms with Crippen molar-refractivity contribution >= 4 is 17.8 Å². The van der Waals surface area contributed by atoms with E-state index in [-0.39, 0.29) is 6.04 Å². The SMILES string of the molecule is CN(C)c1ccc([C@@H]2CC(c3ccccc3)=NN2C=O)cc1. The Morgan fingerprint density at radius 2 is 1.77 bits per heavy atom. The maximum Gasteiger partial charge on any atom is 0.230 e. The van der Waals surface area contributed by atoms with Gasteiger partial charge < -0.3 is 4.90 Å². The first kappa shape index (κ1) is 14.3. The predicted octanol–water partition coefficient (Wildman–Crippen LogP) is 3.06. The number of nitrogens with zero attached hydrogens (tertiary/aromatic N) is 3. The van der Waals surface area contributed by atoms with Crippen molar-refractivity contribution in [2.45, 2.75) is 12.5 Å². The number of carbonyl (C=O) groups excluding carboxylic acids is 1. The van der Waals surface area contributed by atoms with Crippen LogP contribution in [0.25, 0.3) is 0 Å². The molecule has 0 spiro atoms. The lowest BCUT2D eigenvalue weighted by Gasteiger charge is -2.19. The Morgan fingerprint density at radius 1 is 1.09 bits per heavy atom. The summed E-state index contributed by atoms with van der Waals surface area (Å²) in [7, 11) is 4.03. The highest BCUT2D eigenvalue weighted by molar-refractivity contribution is 6.02. The summed E-state index contributed by atoms with van der Waals surface area (Å²) in [6.45, 7) is 0. The van der Waals surface area contributed by atoms with Crippen LogP contribution < -0.4 is 4.90 Å². The van der Waals surface area contributed by atoms with E-state index in [2.05, 4.69) is 34.3 Å². The normalized spacial score (nSPS) is 17.3. The van der Waals surface area contributed by atoms with Crippen molar-refractivity contribution in [3.05, 3.63) is 65.7 Å². The van der Waals surface area contributed by atoms with E-state index in [1.54, 1.807) is 0 Å². The van der Waals surface area contributed by atoms with Gasteiger partial charge in [-0.1, -0.05) is 42.5 Å². The van der Waals surface area contributed by atoms with Crippen LogP contribution in [0.4, 0.5) is 5.69 Å². The zero-order valence-electron chi connectivity index (χ0n) is 12.8. The first-order valence-electron chi connectivity index (χ1n) is 7.33. The van der Waals surface area contributed by atoms with E-state index in [0.717, 1.165) is 35.4 Å². The number of hydrogen-bond acceptors (Lipinski definition) is 3. The minimum atomic E-state index is -0.0241. The molecule has 3 rings (SSSR count). The number of rotatable bonds is 4. The van der Waals surface area contributed by atoms with Crippen LogP contribution in [0.5, 0.6) is 0 Å². The van der Waals surface area contributed by atoms with Crippen molar-refractivity contribution in [1.29, 1.82) is 0 Å². The lowest BCUT2D eigenvalue weighted by atomic mass is 9.98. The van der Waals surface area contributed by atoms with Gasteiger partial charge in [-0.05, 0) is 23.3 Å².